The molecule has 2 aromatic heterocycles. The molecule has 3 aliphatic rings. The number of amides is 1. The molecule has 1 atom stereocenters. The minimum atomic E-state index is -0.928. The van der Waals surface area contributed by atoms with E-state index < -0.39 is 17.0 Å². The number of H-pyrrole nitrogens is 1. The van der Waals surface area contributed by atoms with Gasteiger partial charge in [-0.3, -0.25) is 4.79 Å². The zero-order chi connectivity index (χ0) is 29.9. The average molecular weight is 559 g/mol. The van der Waals surface area contributed by atoms with Gasteiger partial charge in [0.1, 0.15) is 5.60 Å². The van der Waals surface area contributed by atoms with Crippen LogP contribution in [0.4, 0.5) is 0 Å². The predicted octanol–water partition coefficient (Wildman–Crippen LogP) is 6.54. The van der Waals surface area contributed by atoms with Gasteiger partial charge in [0.05, 0.1) is 22.3 Å². The van der Waals surface area contributed by atoms with E-state index in [4.69, 9.17) is 15.5 Å². The number of piperidine rings is 2. The number of aromatic amines is 1. The molecule has 4 heterocycles. The molecule has 3 aromatic rings. The van der Waals surface area contributed by atoms with Crippen LogP contribution in [0.15, 0.2) is 24.3 Å². The molecular weight excluding hydrogens is 512 g/mol. The molecule has 7 nitrogen and oxygen atoms in total. The molecule has 220 valence electrons. The highest BCUT2D eigenvalue weighted by Crippen LogP contribution is 2.41. The van der Waals surface area contributed by atoms with Gasteiger partial charge in [-0.05, 0) is 122 Å². The number of ether oxygens (including phenoxy) is 1. The molecule has 2 aliphatic heterocycles. The van der Waals surface area contributed by atoms with E-state index in [1.165, 1.54) is 12.8 Å². The van der Waals surface area contributed by atoms with E-state index in [1.54, 1.807) is 0 Å². The van der Waals surface area contributed by atoms with Gasteiger partial charge in [0.25, 0.3) is 0 Å². The van der Waals surface area contributed by atoms with Crippen molar-refractivity contribution in [3.63, 3.8) is 0 Å². The maximum Gasteiger partial charge on any atom is 0.359 e. The van der Waals surface area contributed by atoms with Crippen molar-refractivity contribution < 1.29 is 14.3 Å². The molecule has 7 heteroatoms. The van der Waals surface area contributed by atoms with Crippen molar-refractivity contribution in [2.75, 3.05) is 13.1 Å². The number of pyridine rings is 1. The summed E-state index contributed by atoms with van der Waals surface area (Å²) in [5.41, 5.74) is 11.3. The molecule has 6 rings (SSSR count). The number of hydrogen-bond acceptors (Lipinski definition) is 5. The third kappa shape index (κ3) is 5.53. The van der Waals surface area contributed by atoms with Crippen molar-refractivity contribution in [1.82, 2.24) is 14.9 Å². The van der Waals surface area contributed by atoms with Crippen molar-refractivity contribution in [3.8, 4) is 11.3 Å². The summed E-state index contributed by atoms with van der Waals surface area (Å²) in [4.78, 5) is 38.4. The number of benzene rings is 1. The second-order valence-electron chi connectivity index (χ2n) is 14.0. The summed E-state index contributed by atoms with van der Waals surface area (Å²) in [5.74, 6) is 0.143. The third-order valence-electron chi connectivity index (χ3n) is 8.93. The smallest absolute Gasteiger partial charge is 0.359 e. The lowest BCUT2D eigenvalue weighted by atomic mass is 9.77. The Morgan fingerprint density at radius 3 is 2.22 bits per heavy atom. The second-order valence-corrected chi connectivity index (χ2v) is 14.0. The molecule has 3 N–H and O–H groups in total. The molecule has 2 saturated heterocycles. The summed E-state index contributed by atoms with van der Waals surface area (Å²) in [6, 6.07) is 8.73. The quantitative estimate of drug-likeness (QED) is 0.335. The van der Waals surface area contributed by atoms with Crippen LogP contribution in [0.5, 0.6) is 0 Å². The Bertz CT molecular complexity index is 1470. The van der Waals surface area contributed by atoms with E-state index in [0.29, 0.717) is 23.7 Å². The Morgan fingerprint density at radius 1 is 1.05 bits per heavy atom. The van der Waals surface area contributed by atoms with Gasteiger partial charge in [-0.2, -0.15) is 0 Å². The molecule has 3 fully saturated rings. The van der Waals surface area contributed by atoms with Crippen LogP contribution in [-0.4, -0.2) is 51.5 Å². The number of carbonyl (C=O) groups is 2. The van der Waals surface area contributed by atoms with Crippen molar-refractivity contribution in [1.29, 1.82) is 0 Å². The predicted molar refractivity (Wildman–Crippen MR) is 164 cm³/mol. The SMILES string of the molecule is Cc1cc(C)cc(-c2[nH]c3c(C(=O)OC(C)(C)C)nc(C(C)(C)C(=O)N4CC5CCC4CC5)cc3c2[C@H](C)CN)c1. The molecule has 0 spiro atoms. The summed E-state index contributed by atoms with van der Waals surface area (Å²) in [6.45, 7) is 16.9. The van der Waals surface area contributed by atoms with Gasteiger partial charge in [-0.25, -0.2) is 9.78 Å². The lowest BCUT2D eigenvalue weighted by Crippen LogP contribution is -2.55. The lowest BCUT2D eigenvalue weighted by Gasteiger charge is -2.47. The summed E-state index contributed by atoms with van der Waals surface area (Å²) >= 11 is 0. The first-order valence-corrected chi connectivity index (χ1v) is 15.1. The molecule has 0 unspecified atom stereocenters. The summed E-state index contributed by atoms with van der Waals surface area (Å²) in [7, 11) is 0. The number of hydrogen-bond donors (Lipinski definition) is 2. The molecular formula is C34H46N4O3. The van der Waals surface area contributed by atoms with E-state index in [-0.39, 0.29) is 23.6 Å². The first-order valence-electron chi connectivity index (χ1n) is 15.1. The van der Waals surface area contributed by atoms with E-state index in [2.05, 4.69) is 48.9 Å². The van der Waals surface area contributed by atoms with Gasteiger partial charge in [0, 0.05) is 18.0 Å². The lowest BCUT2D eigenvalue weighted by molar-refractivity contribution is -0.144. The fraction of sp³-hybridized carbons (Fsp3) is 0.559. The van der Waals surface area contributed by atoms with Crippen molar-refractivity contribution in [2.24, 2.45) is 11.7 Å². The van der Waals surface area contributed by atoms with E-state index in [0.717, 1.165) is 52.7 Å². The number of esters is 1. The van der Waals surface area contributed by atoms with Gasteiger partial charge >= 0.3 is 5.97 Å². The van der Waals surface area contributed by atoms with Crippen LogP contribution < -0.4 is 5.73 Å². The van der Waals surface area contributed by atoms with Crippen LogP contribution in [0.3, 0.4) is 0 Å². The number of aryl methyl sites for hydroxylation is 2. The van der Waals surface area contributed by atoms with Gasteiger partial charge in [-0.1, -0.05) is 24.1 Å². The van der Waals surface area contributed by atoms with Crippen molar-refractivity contribution >= 4 is 22.8 Å². The first kappa shape index (κ1) is 29.3. The molecule has 1 aliphatic carbocycles. The van der Waals surface area contributed by atoms with Gasteiger partial charge < -0.3 is 20.4 Å². The number of rotatable bonds is 6. The standard InChI is InChI=1S/C34H46N4O3/c1-19-13-20(2)15-23(14-19)28-27(21(3)17-35)25-16-26(36-30(29(25)37-28)31(39)41-33(4,5)6)34(7,8)32(40)38-18-22-9-11-24(38)12-10-22/h13-16,21-22,24,37H,9-12,17-18,35H2,1-8H3/t21-,22?,24?/m1/s1. The monoisotopic (exact) mass is 558 g/mol. The van der Waals surface area contributed by atoms with Crippen molar-refractivity contribution in [2.45, 2.75) is 104 Å². The van der Waals surface area contributed by atoms with Crippen LogP contribution in [0.25, 0.3) is 22.2 Å². The van der Waals surface area contributed by atoms with Crippen molar-refractivity contribution in [3.05, 3.63) is 52.3 Å². The largest absolute Gasteiger partial charge is 0.455 e. The Labute approximate surface area is 244 Å². The molecule has 1 saturated carbocycles. The molecule has 1 aromatic carbocycles. The minimum absolute atomic E-state index is 0.00190. The fourth-order valence-electron chi connectivity index (χ4n) is 6.77. The van der Waals surface area contributed by atoms with E-state index >= 15 is 0 Å². The molecule has 1 amide bonds. The minimum Gasteiger partial charge on any atom is -0.455 e. The van der Waals surface area contributed by atoms with Gasteiger partial charge in [0.15, 0.2) is 5.69 Å². The highest BCUT2D eigenvalue weighted by Gasteiger charge is 2.43. The fourth-order valence-corrected chi connectivity index (χ4v) is 6.77. The zero-order valence-electron chi connectivity index (χ0n) is 26.0. The van der Waals surface area contributed by atoms with Crippen LogP contribution in [0.1, 0.15) is 106 Å². The Hall–Kier alpha value is -3.19. The van der Waals surface area contributed by atoms with Crippen LogP contribution in [0.2, 0.25) is 0 Å². The second kappa shape index (κ2) is 10.6. The maximum atomic E-state index is 14.2. The topological polar surface area (TPSA) is 101 Å². The van der Waals surface area contributed by atoms with Crippen LogP contribution >= 0.6 is 0 Å². The Balaban J connectivity index is 1.73. The number of nitrogens with one attached hydrogen (secondary N) is 1. The number of fused-ring (bicyclic) bond motifs is 4. The van der Waals surface area contributed by atoms with E-state index in [9.17, 15) is 9.59 Å². The highest BCUT2D eigenvalue weighted by atomic mass is 16.6. The number of carbonyl (C=O) groups excluding carboxylic acids is 2. The average Bonchev–Trinajstić information content (AvgIpc) is 3.30. The Morgan fingerprint density at radius 2 is 1.68 bits per heavy atom. The number of nitrogens with zero attached hydrogens (tertiary/aromatic N) is 2. The maximum absolute atomic E-state index is 14.2. The summed E-state index contributed by atoms with van der Waals surface area (Å²) in [6.07, 6.45) is 4.54. The molecule has 2 bridgehead atoms. The zero-order valence-corrected chi connectivity index (χ0v) is 26.0. The van der Waals surface area contributed by atoms with Gasteiger partial charge in [0.2, 0.25) is 5.91 Å². The number of nitrogens with two attached hydrogens (primary N) is 1. The first-order chi connectivity index (χ1) is 19.2. The van der Waals surface area contributed by atoms with Crippen LogP contribution in [0, 0.1) is 19.8 Å². The van der Waals surface area contributed by atoms with E-state index in [1.807, 2.05) is 40.7 Å². The third-order valence-corrected chi connectivity index (χ3v) is 8.93. The molecule has 0 radical (unpaired) electrons. The number of aromatic nitrogens is 2. The van der Waals surface area contributed by atoms with Crippen LogP contribution in [-0.2, 0) is 14.9 Å². The normalized spacial score (nSPS) is 20.0. The highest BCUT2D eigenvalue weighted by molar-refractivity contribution is 6.05. The summed E-state index contributed by atoms with van der Waals surface area (Å²) < 4.78 is 5.86. The Kier molecular flexibility index (Phi) is 7.56. The molecule has 41 heavy (non-hydrogen) atoms. The summed E-state index contributed by atoms with van der Waals surface area (Å²) in [5, 5.41) is 0.865. The van der Waals surface area contributed by atoms with Gasteiger partial charge in [-0.15, -0.1) is 0 Å².